The summed E-state index contributed by atoms with van der Waals surface area (Å²) in [6.07, 6.45) is 3.05. The predicted octanol–water partition coefficient (Wildman–Crippen LogP) is 5.98. The molecule has 5 rings (SSSR count). The summed E-state index contributed by atoms with van der Waals surface area (Å²) in [5.74, 6) is 0.154. The third kappa shape index (κ3) is 5.32. The van der Waals surface area contributed by atoms with E-state index in [1.807, 2.05) is 57.2 Å². The molecule has 2 aromatic heterocycles. The fourth-order valence-corrected chi connectivity index (χ4v) is 4.78. The summed E-state index contributed by atoms with van der Waals surface area (Å²) in [4.78, 5) is 32.3. The minimum absolute atomic E-state index is 0.261. The van der Waals surface area contributed by atoms with E-state index in [9.17, 15) is 9.59 Å². The Morgan fingerprint density at radius 1 is 1.08 bits per heavy atom. The molecule has 0 saturated carbocycles. The quantitative estimate of drug-likeness (QED) is 0.310. The lowest BCUT2D eigenvalue weighted by atomic mass is 9.78. The number of benzene rings is 2. The highest BCUT2D eigenvalue weighted by atomic mass is 16.6. The fourth-order valence-electron chi connectivity index (χ4n) is 4.78. The number of hydrogen-bond acceptors (Lipinski definition) is 6. The first-order chi connectivity index (χ1) is 18.0. The molecule has 196 valence electrons. The number of fused-ring (bicyclic) bond motifs is 2. The minimum atomic E-state index is -0.573. The Morgan fingerprint density at radius 3 is 2.66 bits per heavy atom. The number of aromatic nitrogens is 3. The Labute approximate surface area is 221 Å². The second-order valence-electron chi connectivity index (χ2n) is 11.2. The van der Waals surface area contributed by atoms with Crippen LogP contribution in [0.25, 0.3) is 10.9 Å². The number of pyridine rings is 1. The van der Waals surface area contributed by atoms with Gasteiger partial charge in [-0.05, 0) is 74.4 Å². The number of carbonyl (C=O) groups excluding carboxylic acids is 2. The van der Waals surface area contributed by atoms with E-state index >= 15 is 0 Å². The average molecular weight is 513 g/mol. The molecule has 1 aliphatic heterocycles. The maximum Gasteiger partial charge on any atom is 0.410 e. The standard InChI is InChI=1S/C29H32N6O3/c1-28(2,3)38-27(37)35-16-19-13-20(10-11-23(19)29(4,5)17-35)33-26(36)22-7-6-12-30-25(22)32-21-9-8-18-15-31-34-24(18)14-21/h6-15H,16-17H2,1-5H3,(H,30,32)(H,31,34)(H,33,36). The van der Waals surface area contributed by atoms with E-state index in [0.29, 0.717) is 30.2 Å². The molecule has 9 heteroatoms. The molecule has 38 heavy (non-hydrogen) atoms. The number of anilines is 3. The van der Waals surface area contributed by atoms with Crippen molar-refractivity contribution in [2.75, 3.05) is 17.2 Å². The first-order valence-corrected chi connectivity index (χ1v) is 12.6. The zero-order valence-corrected chi connectivity index (χ0v) is 22.3. The third-order valence-electron chi connectivity index (χ3n) is 6.45. The van der Waals surface area contributed by atoms with Crippen LogP contribution in [0.5, 0.6) is 0 Å². The summed E-state index contributed by atoms with van der Waals surface area (Å²) >= 11 is 0. The van der Waals surface area contributed by atoms with E-state index in [1.54, 1.807) is 29.4 Å². The minimum Gasteiger partial charge on any atom is -0.444 e. The number of hydrogen-bond donors (Lipinski definition) is 3. The largest absolute Gasteiger partial charge is 0.444 e. The zero-order valence-electron chi connectivity index (χ0n) is 22.3. The molecule has 3 N–H and O–H groups in total. The van der Waals surface area contributed by atoms with Gasteiger partial charge in [-0.15, -0.1) is 0 Å². The molecular formula is C29H32N6O3. The molecular weight excluding hydrogens is 480 g/mol. The Bertz CT molecular complexity index is 1520. The number of ether oxygens (including phenoxy) is 1. The highest BCUT2D eigenvalue weighted by molar-refractivity contribution is 6.08. The smallest absolute Gasteiger partial charge is 0.410 e. The molecule has 0 aliphatic carbocycles. The Balaban J connectivity index is 1.36. The van der Waals surface area contributed by atoms with Gasteiger partial charge < -0.3 is 20.3 Å². The topological polar surface area (TPSA) is 112 Å². The number of nitrogens with one attached hydrogen (secondary N) is 3. The average Bonchev–Trinajstić information content (AvgIpc) is 3.30. The number of aromatic amines is 1. The second-order valence-corrected chi connectivity index (χ2v) is 11.2. The van der Waals surface area contributed by atoms with Gasteiger partial charge in [0, 0.05) is 41.5 Å². The van der Waals surface area contributed by atoms with E-state index < -0.39 is 5.60 Å². The van der Waals surface area contributed by atoms with Gasteiger partial charge in [0.1, 0.15) is 11.4 Å². The molecule has 9 nitrogen and oxygen atoms in total. The molecule has 0 radical (unpaired) electrons. The second kappa shape index (κ2) is 9.48. The lowest BCUT2D eigenvalue weighted by Crippen LogP contribution is -2.46. The molecule has 1 aliphatic rings. The van der Waals surface area contributed by atoms with Crippen LogP contribution in [-0.4, -0.2) is 44.2 Å². The van der Waals surface area contributed by atoms with Gasteiger partial charge in [0.15, 0.2) is 0 Å². The summed E-state index contributed by atoms with van der Waals surface area (Å²) in [5, 5.41) is 14.2. The van der Waals surface area contributed by atoms with E-state index in [4.69, 9.17) is 4.74 Å². The normalized spacial score (nSPS) is 14.6. The van der Waals surface area contributed by atoms with E-state index in [1.165, 1.54) is 0 Å². The molecule has 2 aromatic carbocycles. The van der Waals surface area contributed by atoms with Crippen molar-refractivity contribution in [1.29, 1.82) is 0 Å². The summed E-state index contributed by atoms with van der Waals surface area (Å²) in [6, 6.07) is 15.1. The Kier molecular flexibility index (Phi) is 6.30. The van der Waals surface area contributed by atoms with Crippen LogP contribution in [0, 0.1) is 0 Å². The van der Waals surface area contributed by atoms with Gasteiger partial charge in [0.05, 0.1) is 17.3 Å². The van der Waals surface area contributed by atoms with Gasteiger partial charge in [-0.3, -0.25) is 9.89 Å². The monoisotopic (exact) mass is 512 g/mol. The van der Waals surface area contributed by atoms with Crippen LogP contribution in [0.2, 0.25) is 0 Å². The lowest BCUT2D eigenvalue weighted by molar-refractivity contribution is 0.0174. The highest BCUT2D eigenvalue weighted by Crippen LogP contribution is 2.35. The molecule has 0 saturated heterocycles. The van der Waals surface area contributed by atoms with Crippen LogP contribution in [0.1, 0.15) is 56.1 Å². The van der Waals surface area contributed by atoms with E-state index in [0.717, 1.165) is 27.7 Å². The number of carbonyl (C=O) groups is 2. The number of amides is 2. The fraction of sp³-hybridized carbons (Fsp3) is 0.310. The van der Waals surface area contributed by atoms with Gasteiger partial charge in [0.25, 0.3) is 5.91 Å². The molecule has 4 aromatic rings. The first kappa shape index (κ1) is 25.3. The van der Waals surface area contributed by atoms with Crippen LogP contribution in [-0.2, 0) is 16.7 Å². The van der Waals surface area contributed by atoms with Gasteiger partial charge in [0.2, 0.25) is 0 Å². The van der Waals surface area contributed by atoms with Crippen LogP contribution >= 0.6 is 0 Å². The zero-order chi connectivity index (χ0) is 27.1. The van der Waals surface area contributed by atoms with Crippen molar-refractivity contribution in [2.24, 2.45) is 0 Å². The van der Waals surface area contributed by atoms with Crippen molar-refractivity contribution in [3.63, 3.8) is 0 Å². The van der Waals surface area contributed by atoms with Crippen LogP contribution in [0.15, 0.2) is 60.9 Å². The summed E-state index contributed by atoms with van der Waals surface area (Å²) in [7, 11) is 0. The molecule has 3 heterocycles. The molecule has 0 atom stereocenters. The van der Waals surface area contributed by atoms with Gasteiger partial charge >= 0.3 is 6.09 Å². The van der Waals surface area contributed by atoms with Crippen LogP contribution < -0.4 is 10.6 Å². The molecule has 0 spiro atoms. The highest BCUT2D eigenvalue weighted by Gasteiger charge is 2.35. The van der Waals surface area contributed by atoms with Crippen molar-refractivity contribution in [3.8, 4) is 0 Å². The SMILES string of the molecule is CC(C)(C)OC(=O)N1Cc2cc(NC(=O)c3cccnc3Nc3ccc4cn[nH]c4c3)ccc2C(C)(C)C1. The Hall–Kier alpha value is -4.40. The summed E-state index contributed by atoms with van der Waals surface area (Å²) in [6.45, 7) is 10.8. The van der Waals surface area contributed by atoms with E-state index in [-0.39, 0.29) is 17.4 Å². The van der Waals surface area contributed by atoms with Crippen LogP contribution in [0.4, 0.5) is 22.0 Å². The number of H-pyrrole nitrogens is 1. The van der Waals surface area contributed by atoms with Crippen molar-refractivity contribution < 1.29 is 14.3 Å². The van der Waals surface area contributed by atoms with Crippen LogP contribution in [0.3, 0.4) is 0 Å². The predicted molar refractivity (Wildman–Crippen MR) is 148 cm³/mol. The van der Waals surface area contributed by atoms with Crippen molar-refractivity contribution in [1.82, 2.24) is 20.1 Å². The molecule has 0 bridgehead atoms. The van der Waals surface area contributed by atoms with Gasteiger partial charge in [-0.2, -0.15) is 5.10 Å². The van der Waals surface area contributed by atoms with E-state index in [2.05, 4.69) is 39.7 Å². The third-order valence-corrected chi connectivity index (χ3v) is 6.45. The molecule has 0 unspecified atom stereocenters. The van der Waals surface area contributed by atoms with Crippen molar-refractivity contribution in [2.45, 2.75) is 52.2 Å². The first-order valence-electron chi connectivity index (χ1n) is 12.6. The van der Waals surface area contributed by atoms with Crippen molar-refractivity contribution in [3.05, 3.63) is 77.6 Å². The number of nitrogens with zero attached hydrogens (tertiary/aromatic N) is 3. The van der Waals surface area contributed by atoms with Crippen molar-refractivity contribution >= 4 is 40.1 Å². The maximum atomic E-state index is 13.3. The lowest BCUT2D eigenvalue weighted by Gasteiger charge is -2.40. The number of rotatable bonds is 4. The maximum absolute atomic E-state index is 13.3. The van der Waals surface area contributed by atoms with Gasteiger partial charge in [-0.1, -0.05) is 19.9 Å². The molecule has 0 fully saturated rings. The summed E-state index contributed by atoms with van der Waals surface area (Å²) in [5.41, 5.74) is 4.01. The Morgan fingerprint density at radius 2 is 1.87 bits per heavy atom. The molecule has 2 amide bonds. The summed E-state index contributed by atoms with van der Waals surface area (Å²) < 4.78 is 5.62. The van der Waals surface area contributed by atoms with Gasteiger partial charge in [-0.25, -0.2) is 9.78 Å².